The van der Waals surface area contributed by atoms with Crippen molar-refractivity contribution in [3.8, 4) is 6.07 Å². The van der Waals surface area contributed by atoms with Gasteiger partial charge in [0.15, 0.2) is 0 Å². The SMILES string of the molecule is CCCCCCC(C)C1CCCCCCC1C#N. The van der Waals surface area contributed by atoms with Crippen LogP contribution in [-0.4, -0.2) is 0 Å². The normalized spacial score (nSPS) is 26.9. The van der Waals surface area contributed by atoms with Gasteiger partial charge in [-0.15, -0.1) is 0 Å². The summed E-state index contributed by atoms with van der Waals surface area (Å²) in [6.45, 7) is 4.66. The Morgan fingerprint density at radius 1 is 1.06 bits per heavy atom. The fraction of sp³-hybridized carbons (Fsp3) is 0.941. The molecule has 3 atom stereocenters. The maximum absolute atomic E-state index is 9.39. The topological polar surface area (TPSA) is 23.8 Å². The second kappa shape index (κ2) is 9.42. The summed E-state index contributed by atoms with van der Waals surface area (Å²) in [5.41, 5.74) is 0. The van der Waals surface area contributed by atoms with E-state index in [1.807, 2.05) is 0 Å². The van der Waals surface area contributed by atoms with Crippen molar-refractivity contribution in [1.82, 2.24) is 0 Å². The molecule has 0 heterocycles. The fourth-order valence-corrected chi connectivity index (χ4v) is 3.46. The molecule has 0 aromatic carbocycles. The van der Waals surface area contributed by atoms with Gasteiger partial charge in [0.05, 0.1) is 6.07 Å². The molecule has 0 saturated heterocycles. The van der Waals surface area contributed by atoms with Crippen LogP contribution in [0.2, 0.25) is 0 Å². The average Bonchev–Trinajstić information content (AvgIpc) is 2.34. The van der Waals surface area contributed by atoms with Crippen LogP contribution in [0.1, 0.15) is 84.5 Å². The predicted molar refractivity (Wildman–Crippen MR) is 78.2 cm³/mol. The summed E-state index contributed by atoms with van der Waals surface area (Å²) in [6.07, 6.45) is 14.6. The second-order valence-corrected chi connectivity index (χ2v) is 6.22. The highest BCUT2D eigenvalue weighted by molar-refractivity contribution is 4.90. The number of unbranched alkanes of at least 4 members (excludes halogenated alkanes) is 3. The lowest BCUT2D eigenvalue weighted by molar-refractivity contribution is 0.218. The zero-order valence-corrected chi connectivity index (χ0v) is 12.5. The van der Waals surface area contributed by atoms with Crippen molar-refractivity contribution in [3.05, 3.63) is 0 Å². The molecule has 0 N–H and O–H groups in total. The summed E-state index contributed by atoms with van der Waals surface area (Å²) in [7, 11) is 0. The minimum absolute atomic E-state index is 0.339. The summed E-state index contributed by atoms with van der Waals surface area (Å²) in [4.78, 5) is 0. The van der Waals surface area contributed by atoms with E-state index >= 15 is 0 Å². The van der Waals surface area contributed by atoms with Crippen molar-refractivity contribution >= 4 is 0 Å². The van der Waals surface area contributed by atoms with Crippen molar-refractivity contribution in [2.24, 2.45) is 17.8 Å². The van der Waals surface area contributed by atoms with E-state index in [0.29, 0.717) is 11.8 Å². The first-order valence-electron chi connectivity index (χ1n) is 8.19. The van der Waals surface area contributed by atoms with Gasteiger partial charge in [-0.05, 0) is 24.7 Å². The Hall–Kier alpha value is -0.510. The third-order valence-corrected chi connectivity index (χ3v) is 4.73. The molecule has 104 valence electrons. The highest BCUT2D eigenvalue weighted by Crippen LogP contribution is 2.35. The van der Waals surface area contributed by atoms with E-state index in [4.69, 9.17) is 0 Å². The number of nitriles is 1. The lowest BCUT2D eigenvalue weighted by Crippen LogP contribution is -2.22. The maximum atomic E-state index is 9.39. The Morgan fingerprint density at radius 2 is 1.78 bits per heavy atom. The van der Waals surface area contributed by atoms with Crippen molar-refractivity contribution in [1.29, 1.82) is 5.26 Å². The monoisotopic (exact) mass is 249 g/mol. The molecule has 0 radical (unpaired) electrons. The van der Waals surface area contributed by atoms with Gasteiger partial charge in [-0.3, -0.25) is 0 Å². The average molecular weight is 249 g/mol. The van der Waals surface area contributed by atoms with Gasteiger partial charge < -0.3 is 0 Å². The summed E-state index contributed by atoms with van der Waals surface area (Å²) < 4.78 is 0. The van der Waals surface area contributed by atoms with Gasteiger partial charge in [0, 0.05) is 5.92 Å². The molecule has 0 aromatic heterocycles. The number of rotatable bonds is 6. The Kier molecular flexibility index (Phi) is 8.14. The standard InChI is InChI=1S/C17H31N/c1-3-4-5-8-11-15(2)17-13-10-7-6-9-12-16(17)14-18/h15-17H,3-13H2,1-2H3. The molecule has 3 unspecified atom stereocenters. The van der Waals surface area contributed by atoms with Crippen molar-refractivity contribution < 1.29 is 0 Å². The van der Waals surface area contributed by atoms with Crippen molar-refractivity contribution in [3.63, 3.8) is 0 Å². The minimum Gasteiger partial charge on any atom is -0.198 e. The Bertz CT molecular complexity index is 240. The molecule has 1 saturated carbocycles. The molecule has 1 aliphatic rings. The van der Waals surface area contributed by atoms with Gasteiger partial charge in [0.2, 0.25) is 0 Å². The molecular formula is C17H31N. The van der Waals surface area contributed by atoms with E-state index in [0.717, 1.165) is 12.3 Å². The highest BCUT2D eigenvalue weighted by Gasteiger charge is 2.26. The molecule has 1 rings (SSSR count). The van der Waals surface area contributed by atoms with Crippen LogP contribution in [0.5, 0.6) is 0 Å². The molecule has 1 aliphatic carbocycles. The lowest BCUT2D eigenvalue weighted by Gasteiger charge is -2.30. The Morgan fingerprint density at radius 3 is 2.44 bits per heavy atom. The van der Waals surface area contributed by atoms with Crippen LogP contribution in [0.4, 0.5) is 0 Å². The van der Waals surface area contributed by atoms with Gasteiger partial charge in [0.1, 0.15) is 0 Å². The summed E-state index contributed by atoms with van der Waals surface area (Å²) in [6, 6.07) is 2.60. The third-order valence-electron chi connectivity index (χ3n) is 4.73. The molecule has 1 fully saturated rings. The third kappa shape index (κ3) is 5.42. The number of nitrogens with zero attached hydrogens (tertiary/aromatic N) is 1. The van der Waals surface area contributed by atoms with Crippen LogP contribution >= 0.6 is 0 Å². The predicted octanol–water partition coefficient (Wildman–Crippen LogP) is 5.70. The molecular weight excluding hydrogens is 218 g/mol. The van der Waals surface area contributed by atoms with Gasteiger partial charge in [0.25, 0.3) is 0 Å². The van der Waals surface area contributed by atoms with E-state index in [1.54, 1.807) is 0 Å². The van der Waals surface area contributed by atoms with Crippen LogP contribution < -0.4 is 0 Å². The first-order chi connectivity index (χ1) is 8.79. The van der Waals surface area contributed by atoms with Crippen LogP contribution in [-0.2, 0) is 0 Å². The highest BCUT2D eigenvalue weighted by atomic mass is 14.4. The van der Waals surface area contributed by atoms with Crippen LogP contribution in [0.25, 0.3) is 0 Å². The zero-order chi connectivity index (χ0) is 13.2. The zero-order valence-electron chi connectivity index (χ0n) is 12.5. The molecule has 0 aliphatic heterocycles. The van der Waals surface area contributed by atoms with Gasteiger partial charge in [-0.1, -0.05) is 71.6 Å². The van der Waals surface area contributed by atoms with Gasteiger partial charge in [-0.2, -0.15) is 5.26 Å². The summed E-state index contributed by atoms with van der Waals surface area (Å²) in [5.74, 6) is 1.77. The molecule has 1 nitrogen and oxygen atoms in total. The Labute approximate surface area is 114 Å². The van der Waals surface area contributed by atoms with Gasteiger partial charge >= 0.3 is 0 Å². The smallest absolute Gasteiger partial charge is 0.0658 e. The van der Waals surface area contributed by atoms with Crippen molar-refractivity contribution in [2.45, 2.75) is 84.5 Å². The maximum Gasteiger partial charge on any atom is 0.0658 e. The van der Waals surface area contributed by atoms with E-state index < -0.39 is 0 Å². The fourth-order valence-electron chi connectivity index (χ4n) is 3.46. The molecule has 1 heteroatoms. The quantitative estimate of drug-likeness (QED) is 0.554. The van der Waals surface area contributed by atoms with Crippen LogP contribution in [0.3, 0.4) is 0 Å². The summed E-state index contributed by atoms with van der Waals surface area (Å²) >= 11 is 0. The molecule has 0 spiro atoms. The van der Waals surface area contributed by atoms with E-state index in [9.17, 15) is 5.26 Å². The Balaban J connectivity index is 2.40. The number of hydrogen-bond donors (Lipinski definition) is 0. The molecule has 18 heavy (non-hydrogen) atoms. The first kappa shape index (κ1) is 15.5. The molecule has 0 amide bonds. The molecule has 0 aromatic rings. The van der Waals surface area contributed by atoms with E-state index in [2.05, 4.69) is 19.9 Å². The van der Waals surface area contributed by atoms with Crippen molar-refractivity contribution in [2.75, 3.05) is 0 Å². The second-order valence-electron chi connectivity index (χ2n) is 6.22. The van der Waals surface area contributed by atoms with E-state index in [1.165, 1.54) is 64.2 Å². The number of hydrogen-bond acceptors (Lipinski definition) is 1. The van der Waals surface area contributed by atoms with Crippen LogP contribution in [0, 0.1) is 29.1 Å². The molecule has 0 bridgehead atoms. The summed E-state index contributed by atoms with van der Waals surface area (Å²) in [5, 5.41) is 9.39. The lowest BCUT2D eigenvalue weighted by atomic mass is 9.74. The minimum atomic E-state index is 0.339. The van der Waals surface area contributed by atoms with Crippen LogP contribution in [0.15, 0.2) is 0 Å². The largest absolute Gasteiger partial charge is 0.198 e. The first-order valence-corrected chi connectivity index (χ1v) is 8.19. The van der Waals surface area contributed by atoms with Gasteiger partial charge in [-0.25, -0.2) is 0 Å². The van der Waals surface area contributed by atoms with E-state index in [-0.39, 0.29) is 0 Å².